The van der Waals surface area contributed by atoms with Gasteiger partial charge >= 0.3 is 0 Å². The zero-order valence-corrected chi connectivity index (χ0v) is 9.88. The largest absolute Gasteiger partial charge is 0.362 e. The van der Waals surface area contributed by atoms with E-state index in [9.17, 15) is 0 Å². The van der Waals surface area contributed by atoms with Crippen LogP contribution in [0.25, 0.3) is 0 Å². The highest BCUT2D eigenvalue weighted by molar-refractivity contribution is 5.22. The van der Waals surface area contributed by atoms with Crippen LogP contribution in [0.15, 0.2) is 30.3 Å². The Balaban J connectivity index is 1.43. The molecule has 2 aliphatic rings. The van der Waals surface area contributed by atoms with Gasteiger partial charge in [0.25, 0.3) is 0 Å². The van der Waals surface area contributed by atoms with Crippen molar-refractivity contribution in [2.45, 2.75) is 37.8 Å². The monoisotopic (exact) mass is 234 g/mol. The summed E-state index contributed by atoms with van der Waals surface area (Å²) >= 11 is 0. The first-order valence-electron chi connectivity index (χ1n) is 6.37. The van der Waals surface area contributed by atoms with E-state index in [1.807, 2.05) is 18.2 Å². The van der Waals surface area contributed by atoms with Gasteiger partial charge in [-0.3, -0.25) is 0 Å². The topological polar surface area (TPSA) is 31.0 Å². The van der Waals surface area contributed by atoms with Crippen molar-refractivity contribution in [3.63, 3.8) is 0 Å². The zero-order valence-electron chi connectivity index (χ0n) is 9.88. The van der Waals surface area contributed by atoms with Gasteiger partial charge < -0.3 is 14.2 Å². The number of epoxide rings is 1. The first-order chi connectivity index (χ1) is 8.43. The fourth-order valence-corrected chi connectivity index (χ4v) is 2.25. The van der Waals surface area contributed by atoms with E-state index in [2.05, 4.69) is 12.1 Å². The molecule has 92 valence electrons. The lowest BCUT2D eigenvalue weighted by atomic mass is 10.1. The van der Waals surface area contributed by atoms with Crippen molar-refractivity contribution in [1.29, 1.82) is 0 Å². The van der Waals surface area contributed by atoms with E-state index in [4.69, 9.17) is 14.2 Å². The first-order valence-corrected chi connectivity index (χ1v) is 6.37. The summed E-state index contributed by atoms with van der Waals surface area (Å²) in [5.74, 6) is 0. The average Bonchev–Trinajstić information content (AvgIpc) is 3.18. The van der Waals surface area contributed by atoms with E-state index in [1.54, 1.807) is 0 Å². The highest BCUT2D eigenvalue weighted by atomic mass is 16.7. The first kappa shape index (κ1) is 11.2. The molecule has 0 N–H and O–H groups in total. The summed E-state index contributed by atoms with van der Waals surface area (Å²) < 4.78 is 16.8. The van der Waals surface area contributed by atoms with Gasteiger partial charge in [-0.25, -0.2) is 0 Å². The molecular weight excluding hydrogens is 216 g/mol. The molecule has 0 spiro atoms. The van der Waals surface area contributed by atoms with Crippen LogP contribution < -0.4 is 0 Å². The Morgan fingerprint density at radius 2 is 2.06 bits per heavy atom. The van der Waals surface area contributed by atoms with Crippen LogP contribution in [0.5, 0.6) is 0 Å². The number of rotatable bonds is 4. The fourth-order valence-electron chi connectivity index (χ4n) is 2.25. The highest BCUT2D eigenvalue weighted by Gasteiger charge is 2.40. The maximum Gasteiger partial charge on any atom is 0.157 e. The molecule has 0 aromatic heterocycles. The Labute approximate surface area is 102 Å². The van der Waals surface area contributed by atoms with Crippen molar-refractivity contribution < 1.29 is 14.2 Å². The minimum Gasteiger partial charge on any atom is -0.362 e. The molecule has 2 fully saturated rings. The number of ether oxygens (including phenoxy) is 3. The molecule has 3 rings (SSSR count). The molecule has 2 heterocycles. The van der Waals surface area contributed by atoms with Crippen LogP contribution >= 0.6 is 0 Å². The van der Waals surface area contributed by atoms with Gasteiger partial charge in [0.2, 0.25) is 0 Å². The summed E-state index contributed by atoms with van der Waals surface area (Å²) in [7, 11) is 0. The number of hydrogen-bond acceptors (Lipinski definition) is 3. The van der Waals surface area contributed by atoms with Gasteiger partial charge in [0.1, 0.15) is 12.2 Å². The molecule has 2 saturated heterocycles. The second-order valence-corrected chi connectivity index (χ2v) is 4.64. The molecule has 3 unspecified atom stereocenters. The lowest BCUT2D eigenvalue weighted by Crippen LogP contribution is -2.24. The summed E-state index contributed by atoms with van der Waals surface area (Å²) in [6.07, 6.45) is 3.81. The summed E-state index contributed by atoms with van der Waals surface area (Å²) in [5, 5.41) is 0. The molecule has 3 nitrogen and oxygen atoms in total. The van der Waals surface area contributed by atoms with Gasteiger partial charge in [-0.15, -0.1) is 0 Å². The standard InChI is InChI=1S/C14H18O3/c1-2-6-11(7-3-1)14-12(17-14)10-16-13-8-4-5-9-15-13/h1-3,6-7,12-14H,4-5,8-10H2. The molecule has 3 atom stereocenters. The molecule has 0 bridgehead atoms. The molecule has 1 aromatic carbocycles. The van der Waals surface area contributed by atoms with Crippen molar-refractivity contribution in [2.75, 3.05) is 13.2 Å². The van der Waals surface area contributed by atoms with E-state index in [0.717, 1.165) is 19.4 Å². The molecule has 1 aromatic rings. The highest BCUT2D eigenvalue weighted by Crippen LogP contribution is 2.38. The van der Waals surface area contributed by atoms with Crippen LogP contribution in [0.1, 0.15) is 30.9 Å². The van der Waals surface area contributed by atoms with Crippen LogP contribution in [-0.2, 0) is 14.2 Å². The Bertz CT molecular complexity index is 346. The maximum absolute atomic E-state index is 5.71. The number of hydrogen-bond donors (Lipinski definition) is 0. The quantitative estimate of drug-likeness (QED) is 0.750. The van der Waals surface area contributed by atoms with Crippen LogP contribution in [0, 0.1) is 0 Å². The van der Waals surface area contributed by atoms with E-state index < -0.39 is 0 Å². The Kier molecular flexibility index (Phi) is 3.41. The van der Waals surface area contributed by atoms with Crippen molar-refractivity contribution in [1.82, 2.24) is 0 Å². The average molecular weight is 234 g/mol. The van der Waals surface area contributed by atoms with Gasteiger partial charge in [-0.2, -0.15) is 0 Å². The second kappa shape index (κ2) is 5.17. The predicted octanol–water partition coefficient (Wildman–Crippen LogP) is 2.67. The van der Waals surface area contributed by atoms with Gasteiger partial charge in [-0.1, -0.05) is 30.3 Å². The second-order valence-electron chi connectivity index (χ2n) is 4.64. The van der Waals surface area contributed by atoms with Crippen LogP contribution in [0.4, 0.5) is 0 Å². The third kappa shape index (κ3) is 2.86. The molecule has 17 heavy (non-hydrogen) atoms. The third-order valence-electron chi connectivity index (χ3n) is 3.29. The molecule has 0 amide bonds. The molecule has 0 saturated carbocycles. The SMILES string of the molecule is c1ccc(C2OC2COC2CCCCO2)cc1. The zero-order chi connectivity index (χ0) is 11.5. The fraction of sp³-hybridized carbons (Fsp3) is 0.571. The Morgan fingerprint density at radius 1 is 1.18 bits per heavy atom. The molecule has 2 aliphatic heterocycles. The van der Waals surface area contributed by atoms with Crippen molar-refractivity contribution in [2.24, 2.45) is 0 Å². The normalized spacial score (nSPS) is 32.4. The lowest BCUT2D eigenvalue weighted by molar-refractivity contribution is -0.164. The minimum absolute atomic E-state index is 0.00984. The van der Waals surface area contributed by atoms with Crippen LogP contribution in [0.3, 0.4) is 0 Å². The predicted molar refractivity (Wildman–Crippen MR) is 63.6 cm³/mol. The van der Waals surface area contributed by atoms with E-state index in [0.29, 0.717) is 6.61 Å². The Morgan fingerprint density at radius 3 is 2.82 bits per heavy atom. The summed E-state index contributed by atoms with van der Waals surface area (Å²) in [5.41, 5.74) is 1.24. The summed E-state index contributed by atoms with van der Waals surface area (Å²) in [6.45, 7) is 1.47. The summed E-state index contributed by atoms with van der Waals surface area (Å²) in [4.78, 5) is 0. The molecule has 0 aliphatic carbocycles. The smallest absolute Gasteiger partial charge is 0.157 e. The minimum atomic E-state index is -0.00984. The van der Waals surface area contributed by atoms with Crippen LogP contribution in [-0.4, -0.2) is 25.6 Å². The Hall–Kier alpha value is -0.900. The van der Waals surface area contributed by atoms with Crippen molar-refractivity contribution >= 4 is 0 Å². The van der Waals surface area contributed by atoms with Gasteiger partial charge in [0.15, 0.2) is 6.29 Å². The van der Waals surface area contributed by atoms with Gasteiger partial charge in [-0.05, 0) is 24.8 Å². The van der Waals surface area contributed by atoms with Gasteiger partial charge in [0.05, 0.1) is 6.61 Å². The summed E-state index contributed by atoms with van der Waals surface area (Å²) in [6, 6.07) is 10.3. The van der Waals surface area contributed by atoms with E-state index in [1.165, 1.54) is 12.0 Å². The van der Waals surface area contributed by atoms with E-state index in [-0.39, 0.29) is 18.5 Å². The number of benzene rings is 1. The van der Waals surface area contributed by atoms with Crippen molar-refractivity contribution in [3.05, 3.63) is 35.9 Å². The maximum atomic E-state index is 5.71. The molecular formula is C14H18O3. The van der Waals surface area contributed by atoms with Gasteiger partial charge in [0, 0.05) is 6.61 Å². The molecule has 0 radical (unpaired) electrons. The molecule has 3 heteroatoms. The lowest BCUT2D eigenvalue weighted by Gasteiger charge is -2.22. The van der Waals surface area contributed by atoms with E-state index >= 15 is 0 Å². The van der Waals surface area contributed by atoms with Crippen LogP contribution in [0.2, 0.25) is 0 Å². The third-order valence-corrected chi connectivity index (χ3v) is 3.29. The van der Waals surface area contributed by atoms with Crippen molar-refractivity contribution in [3.8, 4) is 0 Å².